The van der Waals surface area contributed by atoms with Crippen LogP contribution in [0.3, 0.4) is 0 Å². The third kappa shape index (κ3) is 6.05. The van der Waals surface area contributed by atoms with Gasteiger partial charge in [-0.15, -0.1) is 0 Å². The van der Waals surface area contributed by atoms with Crippen LogP contribution in [-0.2, 0) is 25.4 Å². The van der Waals surface area contributed by atoms with Gasteiger partial charge in [0.1, 0.15) is 6.61 Å². The minimum Gasteiger partial charge on any atom is -0.460 e. The molecule has 3 rings (SSSR count). The van der Waals surface area contributed by atoms with Crippen molar-refractivity contribution < 1.29 is 23.6 Å². The average molecular weight is 491 g/mol. The van der Waals surface area contributed by atoms with Crippen LogP contribution < -0.4 is 10.6 Å². The van der Waals surface area contributed by atoms with Gasteiger partial charge in [0.2, 0.25) is 12.7 Å². The van der Waals surface area contributed by atoms with Crippen molar-refractivity contribution in [2.75, 3.05) is 6.61 Å². The van der Waals surface area contributed by atoms with Crippen LogP contribution in [0, 0.1) is 13.8 Å². The molecule has 0 aromatic heterocycles. The zero-order valence-corrected chi connectivity index (χ0v) is 21.5. The molecule has 5 nitrogen and oxygen atoms in total. The molecule has 0 saturated heterocycles. The Balaban J connectivity index is 1.87. The van der Waals surface area contributed by atoms with E-state index in [2.05, 4.69) is 6.58 Å². The lowest BCUT2D eigenvalue weighted by molar-refractivity contribution is -0.143. The number of carbonyl (C=O) groups is 2. The van der Waals surface area contributed by atoms with Gasteiger partial charge < -0.3 is 14.0 Å². The molecule has 1 atom stereocenters. The van der Waals surface area contributed by atoms with Crippen molar-refractivity contribution in [2.45, 2.75) is 40.4 Å². The molecule has 3 aromatic carbocycles. The number of esters is 1. The van der Waals surface area contributed by atoms with Gasteiger partial charge in [-0.3, -0.25) is 4.79 Å². The van der Waals surface area contributed by atoms with Gasteiger partial charge in [-0.25, -0.2) is 4.79 Å². The highest BCUT2D eigenvalue weighted by Crippen LogP contribution is 2.48. The van der Waals surface area contributed by atoms with Crippen molar-refractivity contribution in [1.82, 2.24) is 0 Å². The molecule has 0 saturated carbocycles. The fourth-order valence-corrected chi connectivity index (χ4v) is 6.51. The Bertz CT molecular complexity index is 1200. The van der Waals surface area contributed by atoms with Crippen molar-refractivity contribution in [3.8, 4) is 0 Å². The Morgan fingerprint density at radius 2 is 1.40 bits per heavy atom. The van der Waals surface area contributed by atoms with Crippen LogP contribution in [0.2, 0.25) is 0 Å². The lowest BCUT2D eigenvalue weighted by Gasteiger charge is -2.21. The lowest BCUT2D eigenvalue weighted by Crippen LogP contribution is -2.24. The second-order valence-electron chi connectivity index (χ2n) is 8.69. The summed E-state index contributed by atoms with van der Waals surface area (Å²) in [7, 11) is -3.59. The zero-order valence-electron chi connectivity index (χ0n) is 20.6. The molecule has 0 fully saturated rings. The van der Waals surface area contributed by atoms with Crippen LogP contribution in [0.25, 0.3) is 0 Å². The van der Waals surface area contributed by atoms with Crippen molar-refractivity contribution in [3.63, 3.8) is 0 Å². The molecule has 0 aliphatic carbocycles. The van der Waals surface area contributed by atoms with E-state index in [0.717, 1.165) is 16.7 Å². The van der Waals surface area contributed by atoms with Gasteiger partial charge >= 0.3 is 5.97 Å². The molecule has 1 unspecified atom stereocenters. The van der Waals surface area contributed by atoms with E-state index in [-0.39, 0.29) is 24.8 Å². The largest absolute Gasteiger partial charge is 0.460 e. The second-order valence-corrected chi connectivity index (χ2v) is 11.3. The summed E-state index contributed by atoms with van der Waals surface area (Å²) in [5.41, 5.74) is 2.78. The number of aryl methyl sites for hydroxylation is 2. The molecule has 0 aliphatic heterocycles. The quantitative estimate of drug-likeness (QED) is 0.214. The summed E-state index contributed by atoms with van der Waals surface area (Å²) < 4.78 is 25.4. The zero-order chi connectivity index (χ0) is 25.6. The predicted octanol–water partition coefficient (Wildman–Crippen LogP) is 5.48. The van der Waals surface area contributed by atoms with Gasteiger partial charge in [-0.2, -0.15) is 0 Å². The third-order valence-corrected chi connectivity index (χ3v) is 8.51. The van der Waals surface area contributed by atoms with Gasteiger partial charge in [0, 0.05) is 21.7 Å². The van der Waals surface area contributed by atoms with Crippen molar-refractivity contribution in [3.05, 3.63) is 107 Å². The van der Waals surface area contributed by atoms with Crippen molar-refractivity contribution in [2.24, 2.45) is 0 Å². The van der Waals surface area contributed by atoms with Gasteiger partial charge in [-0.1, -0.05) is 79.4 Å². The molecule has 0 spiro atoms. The molecule has 0 heterocycles. The summed E-state index contributed by atoms with van der Waals surface area (Å²) in [6, 6.07) is 21.6. The highest BCUT2D eigenvalue weighted by molar-refractivity contribution is 7.93. The molecular formula is C29H31O5P. The Morgan fingerprint density at radius 1 is 0.914 bits per heavy atom. The van der Waals surface area contributed by atoms with E-state index >= 15 is 0 Å². The first kappa shape index (κ1) is 26.3. The highest BCUT2D eigenvalue weighted by atomic mass is 31.2. The van der Waals surface area contributed by atoms with E-state index in [9.17, 15) is 14.2 Å². The van der Waals surface area contributed by atoms with Crippen LogP contribution >= 0.6 is 7.14 Å². The van der Waals surface area contributed by atoms with E-state index in [1.165, 1.54) is 0 Å². The standard InChI is InChI=1S/C29H31O5P/c1-20(2)28(30)34-18-23(5)33-19-24-16-21(3)27(22(4)17-24)29(31)35(32,25-12-8-6-9-13-25)26-14-10-7-11-15-26/h6-17,23H,1,18-19H2,2-5H3. The number of ether oxygens (including phenoxy) is 2. The summed E-state index contributed by atoms with van der Waals surface area (Å²) in [4.78, 5) is 25.5. The first-order valence-corrected chi connectivity index (χ1v) is 13.2. The molecular weight excluding hydrogens is 459 g/mol. The number of carbonyl (C=O) groups excluding carboxylic acids is 2. The number of rotatable bonds is 10. The molecule has 0 aliphatic rings. The summed E-state index contributed by atoms with van der Waals surface area (Å²) in [6.45, 7) is 11.1. The molecule has 0 radical (unpaired) electrons. The average Bonchev–Trinajstić information content (AvgIpc) is 2.86. The van der Waals surface area contributed by atoms with E-state index in [1.807, 2.05) is 45.0 Å². The molecule has 182 valence electrons. The molecule has 35 heavy (non-hydrogen) atoms. The van der Waals surface area contributed by atoms with E-state index in [1.54, 1.807) is 55.5 Å². The SMILES string of the molecule is C=C(C)C(=O)OCC(C)OCc1cc(C)c(C(=O)P(=O)(c2ccccc2)c2ccccc2)c(C)c1. The molecule has 0 N–H and O–H groups in total. The fourth-order valence-electron chi connectivity index (χ4n) is 3.89. The van der Waals surface area contributed by atoms with Crippen LogP contribution in [0.1, 0.15) is 40.9 Å². The minimum atomic E-state index is -3.59. The van der Waals surface area contributed by atoms with E-state index < -0.39 is 13.1 Å². The monoisotopic (exact) mass is 490 g/mol. The lowest BCUT2D eigenvalue weighted by atomic mass is 10.0. The Hall–Kier alpha value is -3.27. The Morgan fingerprint density at radius 3 is 1.86 bits per heavy atom. The van der Waals surface area contributed by atoms with Gasteiger partial charge in [-0.05, 0) is 44.4 Å². The first-order valence-electron chi connectivity index (χ1n) is 11.4. The smallest absolute Gasteiger partial charge is 0.333 e. The fraction of sp³-hybridized carbons (Fsp3) is 0.241. The maximum atomic E-state index is 14.5. The Kier molecular flexibility index (Phi) is 8.61. The van der Waals surface area contributed by atoms with E-state index in [4.69, 9.17) is 9.47 Å². The number of hydrogen-bond acceptors (Lipinski definition) is 5. The Labute approximate surface area is 207 Å². The van der Waals surface area contributed by atoms with Gasteiger partial charge in [0.05, 0.1) is 12.7 Å². The van der Waals surface area contributed by atoms with E-state index in [0.29, 0.717) is 21.7 Å². The summed E-state index contributed by atoms with van der Waals surface area (Å²) in [6.07, 6.45) is -0.309. The van der Waals surface area contributed by atoms with Gasteiger partial charge in [0.25, 0.3) is 0 Å². The molecule has 3 aromatic rings. The third-order valence-electron chi connectivity index (χ3n) is 5.66. The molecule has 0 bridgehead atoms. The van der Waals surface area contributed by atoms with Crippen LogP contribution in [0.15, 0.2) is 84.9 Å². The maximum absolute atomic E-state index is 14.5. The molecule has 6 heteroatoms. The minimum absolute atomic E-state index is 0.123. The second kappa shape index (κ2) is 11.4. The molecule has 0 amide bonds. The number of hydrogen-bond donors (Lipinski definition) is 0. The summed E-state index contributed by atoms with van der Waals surface area (Å²) in [5, 5.41) is 1.03. The van der Waals surface area contributed by atoms with Crippen LogP contribution in [0.4, 0.5) is 0 Å². The van der Waals surface area contributed by atoms with Gasteiger partial charge in [0.15, 0.2) is 0 Å². The first-order chi connectivity index (χ1) is 16.6. The van der Waals surface area contributed by atoms with Crippen LogP contribution in [-0.4, -0.2) is 24.2 Å². The van der Waals surface area contributed by atoms with Crippen LogP contribution in [0.5, 0.6) is 0 Å². The number of benzene rings is 3. The maximum Gasteiger partial charge on any atom is 0.333 e. The van der Waals surface area contributed by atoms with Crippen molar-refractivity contribution >= 4 is 29.2 Å². The topological polar surface area (TPSA) is 69.7 Å². The normalized spacial score (nSPS) is 12.1. The van der Waals surface area contributed by atoms with Crippen molar-refractivity contribution in [1.29, 1.82) is 0 Å². The highest BCUT2D eigenvalue weighted by Gasteiger charge is 2.37. The summed E-state index contributed by atoms with van der Waals surface area (Å²) >= 11 is 0. The predicted molar refractivity (Wildman–Crippen MR) is 140 cm³/mol. The summed E-state index contributed by atoms with van der Waals surface area (Å²) in [5.74, 6) is -0.448.